The molecule has 0 aromatic carbocycles. The van der Waals surface area contributed by atoms with Gasteiger partial charge in [-0.3, -0.25) is 10.1 Å². The zero-order valence-corrected chi connectivity index (χ0v) is 12.1. The Morgan fingerprint density at radius 2 is 2.43 bits per heavy atom. The highest BCUT2D eigenvalue weighted by Gasteiger charge is 2.20. The SMILES string of the molecule is CCN(CC1CCCCN1)c1ncc([N+](=O)[O-])cc1C#N. The largest absolute Gasteiger partial charge is 0.354 e. The number of rotatable bonds is 5. The van der Waals surface area contributed by atoms with Crippen LogP contribution >= 0.6 is 0 Å². The van der Waals surface area contributed by atoms with Crippen molar-refractivity contribution in [1.29, 1.82) is 5.26 Å². The monoisotopic (exact) mass is 289 g/mol. The maximum absolute atomic E-state index is 10.8. The molecule has 1 fully saturated rings. The molecule has 7 heteroatoms. The number of nitro groups is 1. The van der Waals surface area contributed by atoms with Crippen molar-refractivity contribution >= 4 is 11.5 Å². The molecule has 1 atom stereocenters. The van der Waals surface area contributed by atoms with E-state index < -0.39 is 4.92 Å². The smallest absolute Gasteiger partial charge is 0.289 e. The third-order valence-corrected chi connectivity index (χ3v) is 3.72. The summed E-state index contributed by atoms with van der Waals surface area (Å²) in [7, 11) is 0. The van der Waals surface area contributed by atoms with Crippen LogP contribution in [-0.4, -0.2) is 35.6 Å². The number of hydrogen-bond donors (Lipinski definition) is 1. The summed E-state index contributed by atoms with van der Waals surface area (Å²) in [5.41, 5.74) is 0.101. The normalized spacial score (nSPS) is 18.0. The van der Waals surface area contributed by atoms with Gasteiger partial charge in [0.15, 0.2) is 0 Å². The van der Waals surface area contributed by atoms with Crippen molar-refractivity contribution in [2.45, 2.75) is 32.2 Å². The van der Waals surface area contributed by atoms with Crippen LogP contribution in [-0.2, 0) is 0 Å². The molecule has 112 valence electrons. The Bertz CT molecular complexity index is 549. The Morgan fingerprint density at radius 3 is 3.00 bits per heavy atom. The van der Waals surface area contributed by atoms with Gasteiger partial charge in [-0.25, -0.2) is 4.98 Å². The highest BCUT2D eigenvalue weighted by Crippen LogP contribution is 2.22. The predicted molar refractivity (Wildman–Crippen MR) is 79.1 cm³/mol. The highest BCUT2D eigenvalue weighted by atomic mass is 16.6. The van der Waals surface area contributed by atoms with Crippen molar-refractivity contribution in [2.24, 2.45) is 0 Å². The molecule has 1 aromatic heterocycles. The van der Waals surface area contributed by atoms with Gasteiger partial charge < -0.3 is 10.2 Å². The lowest BCUT2D eigenvalue weighted by atomic mass is 10.0. The lowest BCUT2D eigenvalue weighted by Gasteiger charge is -2.30. The quantitative estimate of drug-likeness (QED) is 0.656. The molecule has 1 aliphatic rings. The fourth-order valence-electron chi connectivity index (χ4n) is 2.59. The fraction of sp³-hybridized carbons (Fsp3) is 0.571. The summed E-state index contributed by atoms with van der Waals surface area (Å²) in [6.45, 7) is 4.47. The summed E-state index contributed by atoms with van der Waals surface area (Å²) in [6.07, 6.45) is 4.72. The third-order valence-electron chi connectivity index (χ3n) is 3.72. The number of anilines is 1. The average Bonchev–Trinajstić information content (AvgIpc) is 2.53. The van der Waals surface area contributed by atoms with Gasteiger partial charge in [-0.15, -0.1) is 0 Å². The Balaban J connectivity index is 2.20. The van der Waals surface area contributed by atoms with Crippen molar-refractivity contribution in [3.05, 3.63) is 27.9 Å². The van der Waals surface area contributed by atoms with Gasteiger partial charge in [0.1, 0.15) is 23.6 Å². The number of aromatic nitrogens is 1. The van der Waals surface area contributed by atoms with Crippen LogP contribution in [0.5, 0.6) is 0 Å². The highest BCUT2D eigenvalue weighted by molar-refractivity contribution is 5.57. The standard InChI is InChI=1S/C14H19N5O2/c1-2-18(10-12-5-3-4-6-16-12)14-11(8-15)7-13(9-17-14)19(20)21/h7,9,12,16H,2-6,10H2,1H3. The first-order chi connectivity index (χ1) is 10.2. The van der Waals surface area contributed by atoms with Crippen LogP contribution in [0.25, 0.3) is 0 Å². The molecule has 1 aromatic rings. The van der Waals surface area contributed by atoms with Crippen LogP contribution in [0.2, 0.25) is 0 Å². The maximum Gasteiger partial charge on any atom is 0.289 e. The summed E-state index contributed by atoms with van der Waals surface area (Å²) in [5.74, 6) is 0.526. The number of piperidine rings is 1. The molecule has 2 rings (SSSR count). The van der Waals surface area contributed by atoms with E-state index in [0.717, 1.165) is 19.5 Å². The average molecular weight is 289 g/mol. The van der Waals surface area contributed by atoms with E-state index >= 15 is 0 Å². The van der Waals surface area contributed by atoms with E-state index in [1.165, 1.54) is 25.1 Å². The number of pyridine rings is 1. The summed E-state index contributed by atoms with van der Waals surface area (Å²) in [4.78, 5) is 16.4. The summed E-state index contributed by atoms with van der Waals surface area (Å²) >= 11 is 0. The lowest BCUT2D eigenvalue weighted by molar-refractivity contribution is -0.385. The maximum atomic E-state index is 10.8. The van der Waals surface area contributed by atoms with E-state index in [2.05, 4.69) is 10.3 Å². The second kappa shape index (κ2) is 6.99. The van der Waals surface area contributed by atoms with E-state index in [1.54, 1.807) is 0 Å². The molecule has 0 bridgehead atoms. The molecule has 7 nitrogen and oxygen atoms in total. The van der Waals surface area contributed by atoms with Crippen LogP contribution in [0.3, 0.4) is 0 Å². The van der Waals surface area contributed by atoms with Gasteiger partial charge in [0, 0.05) is 25.2 Å². The molecule has 1 aliphatic heterocycles. The first kappa shape index (κ1) is 15.2. The summed E-state index contributed by atoms with van der Waals surface area (Å²) in [5, 5.41) is 23.4. The minimum absolute atomic E-state index is 0.151. The number of nitriles is 1. The molecule has 0 amide bonds. The number of hydrogen-bond acceptors (Lipinski definition) is 6. The molecule has 1 unspecified atom stereocenters. The van der Waals surface area contributed by atoms with Crippen molar-refractivity contribution in [2.75, 3.05) is 24.5 Å². The predicted octanol–water partition coefficient (Wildman–Crippen LogP) is 1.83. The molecule has 0 radical (unpaired) electrons. The van der Waals surface area contributed by atoms with Crippen LogP contribution in [0.15, 0.2) is 12.3 Å². The molecule has 0 saturated carbocycles. The Kier molecular flexibility index (Phi) is 5.06. The summed E-state index contributed by atoms with van der Waals surface area (Å²) in [6, 6.07) is 3.68. The molecule has 1 saturated heterocycles. The first-order valence-corrected chi connectivity index (χ1v) is 7.18. The van der Waals surface area contributed by atoms with Gasteiger partial charge in [0.25, 0.3) is 5.69 Å². The van der Waals surface area contributed by atoms with Crippen molar-refractivity contribution in [1.82, 2.24) is 10.3 Å². The van der Waals surface area contributed by atoms with Gasteiger partial charge in [-0.05, 0) is 26.3 Å². The van der Waals surface area contributed by atoms with E-state index in [9.17, 15) is 15.4 Å². The molecular weight excluding hydrogens is 270 g/mol. The van der Waals surface area contributed by atoms with Crippen molar-refractivity contribution < 1.29 is 4.92 Å². The van der Waals surface area contributed by atoms with E-state index in [1.807, 2.05) is 17.9 Å². The molecule has 21 heavy (non-hydrogen) atoms. The van der Waals surface area contributed by atoms with Gasteiger partial charge in [-0.2, -0.15) is 5.26 Å². The van der Waals surface area contributed by atoms with Gasteiger partial charge in [-0.1, -0.05) is 6.42 Å². The number of likely N-dealkylation sites (N-methyl/N-ethyl adjacent to an activating group) is 1. The van der Waals surface area contributed by atoms with Gasteiger partial charge in [0.2, 0.25) is 0 Å². The van der Waals surface area contributed by atoms with E-state index in [-0.39, 0.29) is 11.3 Å². The number of nitrogens with zero attached hydrogens (tertiary/aromatic N) is 4. The second-order valence-corrected chi connectivity index (χ2v) is 5.12. The Labute approximate surface area is 123 Å². The number of nitrogens with one attached hydrogen (secondary N) is 1. The van der Waals surface area contributed by atoms with Crippen molar-refractivity contribution in [3.8, 4) is 6.07 Å². The zero-order valence-electron chi connectivity index (χ0n) is 12.1. The fourth-order valence-corrected chi connectivity index (χ4v) is 2.59. The van der Waals surface area contributed by atoms with Gasteiger partial charge in [0.05, 0.1) is 4.92 Å². The van der Waals surface area contributed by atoms with Gasteiger partial charge >= 0.3 is 0 Å². The van der Waals surface area contributed by atoms with Crippen LogP contribution in [0, 0.1) is 21.4 Å². The lowest BCUT2D eigenvalue weighted by Crippen LogP contribution is -2.44. The van der Waals surface area contributed by atoms with Crippen LogP contribution in [0.1, 0.15) is 31.7 Å². The van der Waals surface area contributed by atoms with Crippen molar-refractivity contribution in [3.63, 3.8) is 0 Å². The third kappa shape index (κ3) is 3.67. The first-order valence-electron chi connectivity index (χ1n) is 7.18. The van der Waals surface area contributed by atoms with Crippen LogP contribution < -0.4 is 10.2 Å². The van der Waals surface area contributed by atoms with E-state index in [0.29, 0.717) is 18.4 Å². The zero-order chi connectivity index (χ0) is 15.2. The molecule has 1 N–H and O–H groups in total. The molecule has 0 aliphatic carbocycles. The molecular formula is C14H19N5O2. The Morgan fingerprint density at radius 1 is 1.62 bits per heavy atom. The minimum atomic E-state index is -0.531. The van der Waals surface area contributed by atoms with E-state index in [4.69, 9.17) is 0 Å². The second-order valence-electron chi connectivity index (χ2n) is 5.12. The minimum Gasteiger partial charge on any atom is -0.354 e. The van der Waals surface area contributed by atoms with Crippen LogP contribution in [0.4, 0.5) is 11.5 Å². The summed E-state index contributed by atoms with van der Waals surface area (Å²) < 4.78 is 0. The molecule has 0 spiro atoms. The topological polar surface area (TPSA) is 95.1 Å². The Hall–Kier alpha value is -2.20. The molecule has 2 heterocycles.